The van der Waals surface area contributed by atoms with Gasteiger partial charge in [0.25, 0.3) is 16.9 Å². The predicted molar refractivity (Wildman–Crippen MR) is 207 cm³/mol. The lowest BCUT2D eigenvalue weighted by molar-refractivity contribution is -0.385. The van der Waals surface area contributed by atoms with Crippen molar-refractivity contribution in [2.75, 3.05) is 20.3 Å². The highest BCUT2D eigenvalue weighted by Crippen LogP contribution is 2.43. The minimum Gasteiger partial charge on any atom is -0.493 e. The summed E-state index contributed by atoms with van der Waals surface area (Å²) >= 11 is 0.892. The summed E-state index contributed by atoms with van der Waals surface area (Å²) < 4.78 is 29.8. The van der Waals surface area contributed by atoms with Gasteiger partial charge in [-0.15, -0.1) is 0 Å². The Morgan fingerprint density at radius 3 is 1.95 bits per heavy atom. The van der Waals surface area contributed by atoms with Crippen LogP contribution in [0, 0.1) is 20.2 Å². The van der Waals surface area contributed by atoms with Crippen LogP contribution in [0.2, 0.25) is 0 Å². The molecule has 0 fully saturated rings. The van der Waals surface area contributed by atoms with Crippen LogP contribution in [-0.4, -0.2) is 40.7 Å². The topological polar surface area (TPSA) is 184 Å². The van der Waals surface area contributed by atoms with Crippen LogP contribution < -0.4 is 33.8 Å². The fraction of sp³-hybridized carbons (Fsp3) is 0.225. The number of nitro groups is 2. The molecule has 0 spiro atoms. The molecule has 0 saturated carbocycles. The minimum absolute atomic E-state index is 0.0120. The SMILES string of the molecule is CCOC(=O)C1=C(C)n2c(s/c(=C\c3cc(OCC)c(OCc4ccccc4)cc3[N+](=O)[O-])c2=O)=N[C@H]1c1cc(OC)c(OCc2ccccc2)cc1[N+](=O)[O-]. The Kier molecular flexibility index (Phi) is 11.9. The molecule has 56 heavy (non-hydrogen) atoms. The molecule has 16 heteroatoms. The summed E-state index contributed by atoms with van der Waals surface area (Å²) in [6, 6.07) is 22.4. The van der Waals surface area contributed by atoms with Crippen molar-refractivity contribution >= 4 is 40.5 Å². The highest BCUT2D eigenvalue weighted by Gasteiger charge is 2.36. The average Bonchev–Trinajstić information content (AvgIpc) is 3.51. The van der Waals surface area contributed by atoms with E-state index < -0.39 is 33.1 Å². The van der Waals surface area contributed by atoms with Gasteiger partial charge in [-0.1, -0.05) is 72.0 Å². The second kappa shape index (κ2) is 17.1. The Morgan fingerprint density at radius 1 is 0.821 bits per heavy atom. The number of thiazole rings is 1. The van der Waals surface area contributed by atoms with E-state index in [0.29, 0.717) is 0 Å². The Morgan fingerprint density at radius 2 is 1.39 bits per heavy atom. The summed E-state index contributed by atoms with van der Waals surface area (Å²) in [5.74, 6) is -0.228. The zero-order valence-electron chi connectivity index (χ0n) is 30.8. The number of aromatic nitrogens is 1. The lowest BCUT2D eigenvalue weighted by atomic mass is 9.94. The average molecular weight is 781 g/mol. The molecule has 0 amide bonds. The first-order valence-corrected chi connectivity index (χ1v) is 18.2. The van der Waals surface area contributed by atoms with E-state index in [2.05, 4.69) is 0 Å². The second-order valence-corrected chi connectivity index (χ2v) is 13.2. The zero-order valence-corrected chi connectivity index (χ0v) is 31.6. The first-order valence-electron chi connectivity index (χ1n) is 17.4. The number of nitro benzene ring substituents is 2. The van der Waals surface area contributed by atoms with Crippen molar-refractivity contribution in [2.45, 2.75) is 40.0 Å². The molecule has 1 aliphatic rings. The fourth-order valence-electron chi connectivity index (χ4n) is 6.09. The summed E-state index contributed by atoms with van der Waals surface area (Å²) in [7, 11) is 1.38. The number of carbonyl (C=O) groups is 1. The number of carbonyl (C=O) groups excluding carboxylic acids is 1. The Balaban J connectivity index is 1.49. The van der Waals surface area contributed by atoms with Gasteiger partial charge in [0, 0.05) is 5.70 Å². The van der Waals surface area contributed by atoms with E-state index in [1.807, 2.05) is 60.7 Å². The zero-order chi connectivity index (χ0) is 39.9. The van der Waals surface area contributed by atoms with Gasteiger partial charge in [0.15, 0.2) is 27.8 Å². The standard InChI is InChI=1S/C40H36N4O11S/c1-5-52-32-17-27(29(43(47)48)20-34(32)55-23-26-15-11-8-12-16-26)18-35-38(45)42-24(3)36(39(46)53-6-2)37(41-40(42)56-35)28-19-31(51-4)33(21-30(28)44(49)50)54-22-25-13-9-7-10-14-25/h7-21,37H,5-6,22-23H2,1-4H3/b35-18-/t37-/m0/s1. The Bertz CT molecular complexity index is 2520. The molecule has 0 aliphatic carbocycles. The number of esters is 1. The van der Waals surface area contributed by atoms with E-state index in [9.17, 15) is 29.8 Å². The van der Waals surface area contributed by atoms with Crippen LogP contribution in [0.4, 0.5) is 11.4 Å². The maximum absolute atomic E-state index is 14.1. The van der Waals surface area contributed by atoms with E-state index >= 15 is 0 Å². The van der Waals surface area contributed by atoms with Crippen molar-refractivity contribution in [3.8, 4) is 23.0 Å². The first-order chi connectivity index (χ1) is 27.0. The van der Waals surface area contributed by atoms with Gasteiger partial charge in [0.2, 0.25) is 0 Å². The normalized spacial score (nSPS) is 13.7. The van der Waals surface area contributed by atoms with E-state index in [-0.39, 0.29) is 86.8 Å². The molecule has 288 valence electrons. The number of fused-ring (bicyclic) bond motifs is 1. The minimum atomic E-state index is -1.31. The van der Waals surface area contributed by atoms with Crippen LogP contribution in [0.15, 0.2) is 100 Å². The number of benzene rings is 4. The number of methoxy groups -OCH3 is 1. The molecule has 15 nitrogen and oxygen atoms in total. The van der Waals surface area contributed by atoms with E-state index in [0.717, 1.165) is 22.5 Å². The Labute approximate surface area is 323 Å². The monoisotopic (exact) mass is 780 g/mol. The molecule has 1 atom stereocenters. The van der Waals surface area contributed by atoms with Crippen molar-refractivity contribution in [3.05, 3.63) is 153 Å². The third kappa shape index (κ3) is 8.14. The molecule has 6 rings (SSSR count). The number of hydrogen-bond donors (Lipinski definition) is 0. The fourth-order valence-corrected chi connectivity index (χ4v) is 7.12. The third-order valence-corrected chi connectivity index (χ3v) is 9.68. The van der Waals surface area contributed by atoms with Gasteiger partial charge in [-0.05, 0) is 50.1 Å². The van der Waals surface area contributed by atoms with Crippen LogP contribution in [0.1, 0.15) is 49.1 Å². The largest absolute Gasteiger partial charge is 0.493 e. The maximum Gasteiger partial charge on any atom is 0.338 e. The van der Waals surface area contributed by atoms with Gasteiger partial charge >= 0.3 is 5.97 Å². The van der Waals surface area contributed by atoms with Gasteiger partial charge in [-0.2, -0.15) is 0 Å². The molecule has 2 heterocycles. The highest BCUT2D eigenvalue weighted by atomic mass is 32.1. The molecule has 4 aromatic carbocycles. The van der Waals surface area contributed by atoms with Crippen LogP contribution in [-0.2, 0) is 22.7 Å². The molecule has 0 radical (unpaired) electrons. The number of hydrogen-bond acceptors (Lipinski definition) is 13. The smallest absolute Gasteiger partial charge is 0.338 e. The predicted octanol–water partition coefficient (Wildman–Crippen LogP) is 6.29. The maximum atomic E-state index is 14.1. The summed E-state index contributed by atoms with van der Waals surface area (Å²) in [5.41, 5.74) is 0.323. The number of nitrogens with zero attached hydrogens (tertiary/aromatic N) is 4. The molecule has 0 bridgehead atoms. The van der Waals surface area contributed by atoms with Crippen molar-refractivity contribution in [3.63, 3.8) is 0 Å². The molecule has 5 aromatic rings. The number of ether oxygens (including phenoxy) is 5. The molecule has 0 unspecified atom stereocenters. The lowest BCUT2D eigenvalue weighted by Crippen LogP contribution is -2.35. The van der Waals surface area contributed by atoms with E-state index in [1.165, 1.54) is 48.9 Å². The van der Waals surface area contributed by atoms with Crippen LogP contribution in [0.3, 0.4) is 0 Å². The van der Waals surface area contributed by atoms with Crippen LogP contribution >= 0.6 is 11.3 Å². The highest BCUT2D eigenvalue weighted by molar-refractivity contribution is 7.07. The van der Waals surface area contributed by atoms with Gasteiger partial charge in [0.05, 0.1) is 63.5 Å². The molecule has 0 saturated heterocycles. The summed E-state index contributed by atoms with van der Waals surface area (Å²) in [6.45, 7) is 5.29. The van der Waals surface area contributed by atoms with Gasteiger partial charge in [-0.3, -0.25) is 29.6 Å². The number of rotatable bonds is 15. The molecule has 1 aliphatic heterocycles. The quantitative estimate of drug-likeness (QED) is 0.0661. The Hall–Kier alpha value is -6.81. The number of allylic oxidation sites excluding steroid dienone is 1. The summed E-state index contributed by atoms with van der Waals surface area (Å²) in [4.78, 5) is 56.2. The molecule has 0 N–H and O–H groups in total. The van der Waals surface area contributed by atoms with Gasteiger partial charge in [0.1, 0.15) is 19.3 Å². The van der Waals surface area contributed by atoms with E-state index in [4.69, 9.17) is 28.7 Å². The van der Waals surface area contributed by atoms with Crippen molar-refractivity contribution in [1.29, 1.82) is 0 Å². The van der Waals surface area contributed by atoms with Gasteiger partial charge < -0.3 is 23.7 Å². The van der Waals surface area contributed by atoms with Gasteiger partial charge in [-0.25, -0.2) is 9.79 Å². The second-order valence-electron chi connectivity index (χ2n) is 12.2. The summed E-state index contributed by atoms with van der Waals surface area (Å²) in [6.07, 6.45) is 1.34. The molecular formula is C40H36N4O11S. The molecule has 1 aromatic heterocycles. The third-order valence-electron chi connectivity index (χ3n) is 8.69. The summed E-state index contributed by atoms with van der Waals surface area (Å²) in [5, 5.41) is 24.9. The van der Waals surface area contributed by atoms with E-state index in [1.54, 1.807) is 13.8 Å². The van der Waals surface area contributed by atoms with Crippen LogP contribution in [0.5, 0.6) is 23.0 Å². The van der Waals surface area contributed by atoms with Crippen molar-refractivity contribution in [2.24, 2.45) is 4.99 Å². The van der Waals surface area contributed by atoms with Crippen molar-refractivity contribution < 1.29 is 38.3 Å². The van der Waals surface area contributed by atoms with Crippen molar-refractivity contribution in [1.82, 2.24) is 4.57 Å². The lowest BCUT2D eigenvalue weighted by Gasteiger charge is -2.23. The first kappa shape index (κ1) is 38.9. The van der Waals surface area contributed by atoms with Crippen LogP contribution in [0.25, 0.3) is 11.8 Å². The molecular weight excluding hydrogens is 745 g/mol.